The van der Waals surface area contributed by atoms with Crippen LogP contribution in [-0.2, 0) is 6.42 Å². The van der Waals surface area contributed by atoms with Gasteiger partial charge in [0.1, 0.15) is 0 Å². The van der Waals surface area contributed by atoms with Crippen LogP contribution in [0.25, 0.3) is 0 Å². The highest BCUT2D eigenvalue weighted by molar-refractivity contribution is 5.79. The van der Waals surface area contributed by atoms with Gasteiger partial charge in [0.05, 0.1) is 17.6 Å². The van der Waals surface area contributed by atoms with Gasteiger partial charge in [-0.25, -0.2) is 0 Å². The Morgan fingerprint density at radius 2 is 1.84 bits per heavy atom. The Kier molecular flexibility index (Phi) is 4.10. The van der Waals surface area contributed by atoms with E-state index in [1.165, 1.54) is 5.56 Å². The van der Waals surface area contributed by atoms with Crippen LogP contribution in [0.1, 0.15) is 32.0 Å². The summed E-state index contributed by atoms with van der Waals surface area (Å²) in [6, 6.07) is 14.1. The molecule has 2 heteroatoms. The fourth-order valence-corrected chi connectivity index (χ4v) is 1.94. The second kappa shape index (κ2) is 5.79. The summed E-state index contributed by atoms with van der Waals surface area (Å²) in [5.41, 5.74) is 3.45. The van der Waals surface area contributed by atoms with Gasteiger partial charge in [-0.1, -0.05) is 39.0 Å². The smallest absolute Gasteiger partial charge is 0.0815 e. The van der Waals surface area contributed by atoms with Crippen molar-refractivity contribution >= 4 is 11.9 Å². The molecule has 2 aromatic rings. The van der Waals surface area contributed by atoms with Crippen molar-refractivity contribution in [1.82, 2.24) is 4.98 Å². The normalized spacial score (nSPS) is 11.9. The van der Waals surface area contributed by atoms with E-state index in [0.29, 0.717) is 0 Å². The van der Waals surface area contributed by atoms with Gasteiger partial charge in [-0.15, -0.1) is 0 Å². The van der Waals surface area contributed by atoms with Crippen molar-refractivity contribution in [2.45, 2.75) is 27.2 Å². The highest BCUT2D eigenvalue weighted by Gasteiger charge is 2.11. The number of para-hydroxylation sites is 1. The SMILES string of the molecule is CC(C)(C)Cc1ccnc(C=Nc2ccccc2)c1. The second-order valence-electron chi connectivity index (χ2n) is 5.92. The van der Waals surface area contributed by atoms with Crippen LogP contribution in [0.5, 0.6) is 0 Å². The largest absolute Gasteiger partial charge is 0.255 e. The highest BCUT2D eigenvalue weighted by Crippen LogP contribution is 2.20. The fraction of sp³-hybridized carbons (Fsp3) is 0.294. The monoisotopic (exact) mass is 252 g/mol. The lowest BCUT2D eigenvalue weighted by Gasteiger charge is -2.17. The van der Waals surface area contributed by atoms with Crippen molar-refractivity contribution in [2.75, 3.05) is 0 Å². The maximum absolute atomic E-state index is 4.43. The molecule has 1 aromatic heterocycles. The standard InChI is InChI=1S/C17H20N2/c1-17(2,3)12-14-9-10-18-16(11-14)13-19-15-7-5-4-6-8-15/h4-11,13H,12H2,1-3H3. The molecule has 2 rings (SSSR count). The van der Waals surface area contributed by atoms with Gasteiger partial charge in [0, 0.05) is 6.20 Å². The first-order chi connectivity index (χ1) is 9.03. The van der Waals surface area contributed by atoms with E-state index in [1.807, 2.05) is 42.7 Å². The lowest BCUT2D eigenvalue weighted by Crippen LogP contribution is -2.09. The molecule has 19 heavy (non-hydrogen) atoms. The minimum atomic E-state index is 0.287. The number of hydrogen-bond acceptors (Lipinski definition) is 2. The number of aliphatic imine (C=N–C) groups is 1. The molecule has 2 nitrogen and oxygen atoms in total. The van der Waals surface area contributed by atoms with E-state index < -0.39 is 0 Å². The zero-order chi connectivity index (χ0) is 13.7. The molecule has 0 saturated heterocycles. The van der Waals surface area contributed by atoms with Gasteiger partial charge in [-0.05, 0) is 41.7 Å². The van der Waals surface area contributed by atoms with E-state index in [-0.39, 0.29) is 5.41 Å². The fourth-order valence-electron chi connectivity index (χ4n) is 1.94. The summed E-state index contributed by atoms with van der Waals surface area (Å²) >= 11 is 0. The molecule has 0 spiro atoms. The highest BCUT2D eigenvalue weighted by atomic mass is 14.8. The maximum atomic E-state index is 4.43. The van der Waals surface area contributed by atoms with Crippen molar-refractivity contribution in [3.63, 3.8) is 0 Å². The minimum Gasteiger partial charge on any atom is -0.255 e. The molecule has 0 fully saturated rings. The number of hydrogen-bond donors (Lipinski definition) is 0. The molecule has 0 N–H and O–H groups in total. The lowest BCUT2D eigenvalue weighted by atomic mass is 9.88. The van der Waals surface area contributed by atoms with Crippen LogP contribution in [0.4, 0.5) is 5.69 Å². The van der Waals surface area contributed by atoms with E-state index in [0.717, 1.165) is 17.8 Å². The predicted molar refractivity (Wildman–Crippen MR) is 81.1 cm³/mol. The average molecular weight is 252 g/mol. The third-order valence-corrected chi connectivity index (χ3v) is 2.68. The van der Waals surface area contributed by atoms with E-state index in [1.54, 1.807) is 0 Å². The van der Waals surface area contributed by atoms with Crippen LogP contribution in [0.2, 0.25) is 0 Å². The van der Waals surface area contributed by atoms with Crippen LogP contribution in [-0.4, -0.2) is 11.2 Å². The van der Waals surface area contributed by atoms with E-state index in [9.17, 15) is 0 Å². The molecule has 0 radical (unpaired) electrons. The molecule has 0 amide bonds. The molecule has 0 unspecified atom stereocenters. The van der Waals surface area contributed by atoms with Crippen molar-refractivity contribution in [3.8, 4) is 0 Å². The number of nitrogens with zero attached hydrogens (tertiary/aromatic N) is 2. The molecule has 0 aliphatic rings. The molecular formula is C17H20N2. The Bertz CT molecular complexity index is 551. The topological polar surface area (TPSA) is 25.2 Å². The zero-order valence-electron chi connectivity index (χ0n) is 11.8. The Morgan fingerprint density at radius 1 is 1.11 bits per heavy atom. The van der Waals surface area contributed by atoms with Crippen LogP contribution >= 0.6 is 0 Å². The Balaban J connectivity index is 2.13. The van der Waals surface area contributed by atoms with Gasteiger partial charge in [-0.2, -0.15) is 0 Å². The Labute approximate surface area is 115 Å². The number of aromatic nitrogens is 1. The molecular weight excluding hydrogens is 232 g/mol. The van der Waals surface area contributed by atoms with E-state index in [2.05, 4.69) is 42.9 Å². The molecule has 0 bridgehead atoms. The van der Waals surface area contributed by atoms with E-state index in [4.69, 9.17) is 0 Å². The molecule has 1 aromatic carbocycles. The number of rotatable bonds is 3. The van der Waals surface area contributed by atoms with Crippen LogP contribution in [0.15, 0.2) is 53.7 Å². The summed E-state index contributed by atoms with van der Waals surface area (Å²) < 4.78 is 0. The van der Waals surface area contributed by atoms with Gasteiger partial charge < -0.3 is 0 Å². The van der Waals surface area contributed by atoms with Gasteiger partial charge in [0.25, 0.3) is 0 Å². The molecule has 0 saturated carbocycles. The van der Waals surface area contributed by atoms with Crippen molar-refractivity contribution < 1.29 is 0 Å². The van der Waals surface area contributed by atoms with Crippen LogP contribution in [0, 0.1) is 5.41 Å². The number of benzene rings is 1. The first-order valence-corrected chi connectivity index (χ1v) is 6.57. The van der Waals surface area contributed by atoms with Crippen molar-refractivity contribution in [3.05, 3.63) is 59.9 Å². The van der Waals surface area contributed by atoms with Crippen molar-refractivity contribution in [1.29, 1.82) is 0 Å². The third-order valence-electron chi connectivity index (χ3n) is 2.68. The van der Waals surface area contributed by atoms with Gasteiger partial charge >= 0.3 is 0 Å². The van der Waals surface area contributed by atoms with E-state index >= 15 is 0 Å². The van der Waals surface area contributed by atoms with Gasteiger partial charge in [-0.3, -0.25) is 9.98 Å². The quantitative estimate of drug-likeness (QED) is 0.742. The van der Waals surface area contributed by atoms with Gasteiger partial charge in [0.15, 0.2) is 0 Å². The Hall–Kier alpha value is -1.96. The van der Waals surface area contributed by atoms with Crippen LogP contribution < -0.4 is 0 Å². The summed E-state index contributed by atoms with van der Waals surface area (Å²) in [5, 5.41) is 0. The summed E-state index contributed by atoms with van der Waals surface area (Å²) in [6.45, 7) is 6.72. The lowest BCUT2D eigenvalue weighted by molar-refractivity contribution is 0.411. The van der Waals surface area contributed by atoms with Crippen molar-refractivity contribution in [2.24, 2.45) is 10.4 Å². The molecule has 0 aliphatic heterocycles. The van der Waals surface area contributed by atoms with Crippen LogP contribution in [0.3, 0.4) is 0 Å². The second-order valence-corrected chi connectivity index (χ2v) is 5.92. The first-order valence-electron chi connectivity index (χ1n) is 6.57. The first kappa shape index (κ1) is 13.5. The summed E-state index contributed by atoms with van der Waals surface area (Å²) in [6.07, 6.45) is 4.72. The third kappa shape index (κ3) is 4.66. The average Bonchev–Trinajstić information content (AvgIpc) is 2.36. The minimum absolute atomic E-state index is 0.287. The molecule has 98 valence electrons. The summed E-state index contributed by atoms with van der Waals surface area (Å²) in [5.74, 6) is 0. The maximum Gasteiger partial charge on any atom is 0.0815 e. The number of pyridine rings is 1. The molecule has 0 aliphatic carbocycles. The summed E-state index contributed by atoms with van der Waals surface area (Å²) in [7, 11) is 0. The van der Waals surface area contributed by atoms with Gasteiger partial charge in [0.2, 0.25) is 0 Å². The summed E-state index contributed by atoms with van der Waals surface area (Å²) in [4.78, 5) is 8.76. The zero-order valence-corrected chi connectivity index (χ0v) is 11.8. The Morgan fingerprint density at radius 3 is 2.53 bits per heavy atom. The predicted octanol–water partition coefficient (Wildman–Crippen LogP) is 4.42. The molecule has 0 atom stereocenters. The molecule has 1 heterocycles.